The lowest BCUT2D eigenvalue weighted by Crippen LogP contribution is -2.41. The molecule has 1 aromatic carbocycles. The van der Waals surface area contributed by atoms with Gasteiger partial charge >= 0.3 is 0 Å². The van der Waals surface area contributed by atoms with Crippen molar-refractivity contribution < 1.29 is 0 Å². The van der Waals surface area contributed by atoms with Crippen molar-refractivity contribution in [2.75, 3.05) is 19.6 Å². The van der Waals surface area contributed by atoms with Gasteiger partial charge in [-0.1, -0.05) is 80.0 Å². The number of fused-ring (bicyclic) bond motifs is 2. The Bertz CT molecular complexity index is 815. The van der Waals surface area contributed by atoms with Crippen LogP contribution < -0.4 is 10.4 Å². The molecule has 1 saturated heterocycles. The molecular weight excluding hydrogens is 304 g/mol. The zero-order valence-corrected chi connectivity index (χ0v) is 15.1. The molecule has 1 unspecified atom stereocenters. The van der Waals surface area contributed by atoms with Crippen LogP contribution in [0.25, 0.3) is 11.8 Å². The van der Waals surface area contributed by atoms with E-state index in [0.29, 0.717) is 5.92 Å². The van der Waals surface area contributed by atoms with Crippen LogP contribution in [0.2, 0.25) is 0 Å². The average Bonchev–Trinajstić information content (AvgIpc) is 3.02. The Balaban J connectivity index is 1.93. The van der Waals surface area contributed by atoms with Gasteiger partial charge in [0.25, 0.3) is 0 Å². The van der Waals surface area contributed by atoms with Crippen LogP contribution in [0.3, 0.4) is 0 Å². The lowest BCUT2D eigenvalue weighted by Gasteiger charge is -2.31. The summed E-state index contributed by atoms with van der Waals surface area (Å²) in [4.78, 5) is 0. The summed E-state index contributed by atoms with van der Waals surface area (Å²) < 4.78 is 0. The summed E-state index contributed by atoms with van der Waals surface area (Å²) in [5, 5.41) is 7.72. The Labute approximate surface area is 151 Å². The fraction of sp³-hybridized carbons (Fsp3) is 0.304. The van der Waals surface area contributed by atoms with Crippen molar-refractivity contribution in [2.45, 2.75) is 19.3 Å². The number of nitrogens with zero attached hydrogens (tertiary/aromatic N) is 2. The molecule has 0 aromatic heterocycles. The van der Waals surface area contributed by atoms with Crippen LogP contribution in [-0.4, -0.2) is 29.7 Å². The van der Waals surface area contributed by atoms with Gasteiger partial charge in [-0.25, -0.2) is 5.01 Å². The quantitative estimate of drug-likeness (QED) is 0.673. The predicted molar refractivity (Wildman–Crippen MR) is 108 cm³/mol. The van der Waals surface area contributed by atoms with Gasteiger partial charge in [0.15, 0.2) is 0 Å². The second kappa shape index (κ2) is 7.71. The maximum atomic E-state index is 4.09. The summed E-state index contributed by atoms with van der Waals surface area (Å²) in [6, 6.07) is 8.75. The van der Waals surface area contributed by atoms with Gasteiger partial charge in [0.2, 0.25) is 0 Å². The number of hydrogen-bond donors (Lipinski definition) is 0. The second-order valence-corrected chi connectivity index (χ2v) is 6.87. The first kappa shape index (κ1) is 17.5. The Morgan fingerprint density at radius 2 is 1.72 bits per heavy atom. The van der Waals surface area contributed by atoms with Crippen LogP contribution >= 0.6 is 0 Å². The second-order valence-electron chi connectivity index (χ2n) is 6.87. The Hall–Kier alpha value is -2.32. The largest absolute Gasteiger partial charge is 0.309 e. The molecule has 130 valence electrons. The summed E-state index contributed by atoms with van der Waals surface area (Å²) in [7, 11) is 0. The standard InChI is InChI=1S/C23H28N2/c1-5-18(3)13-15-24-17-21-12-11-20-9-7-8-10-22(20)23(21)25(24)16-14-19(4)6-2/h5-11,21H,1-4,12-17H2. The van der Waals surface area contributed by atoms with E-state index in [2.05, 4.69) is 66.7 Å². The van der Waals surface area contributed by atoms with Crippen LogP contribution in [0, 0.1) is 5.92 Å². The lowest BCUT2D eigenvalue weighted by atomic mass is 9.94. The number of hydrazine groups is 1. The van der Waals surface area contributed by atoms with Crippen molar-refractivity contribution in [1.82, 2.24) is 10.0 Å². The molecule has 2 aliphatic rings. The molecule has 1 aliphatic carbocycles. The number of hydrogen-bond acceptors (Lipinski definition) is 2. The minimum atomic E-state index is 0.573. The third kappa shape index (κ3) is 3.69. The molecule has 0 amide bonds. The zero-order chi connectivity index (χ0) is 17.8. The highest BCUT2D eigenvalue weighted by atomic mass is 15.6. The molecule has 1 aliphatic heterocycles. The number of benzene rings is 1. The van der Waals surface area contributed by atoms with E-state index in [1.165, 1.54) is 16.1 Å². The third-order valence-electron chi connectivity index (χ3n) is 5.21. The highest BCUT2D eigenvalue weighted by molar-refractivity contribution is 5.54. The molecule has 1 fully saturated rings. The van der Waals surface area contributed by atoms with E-state index in [1.807, 2.05) is 12.2 Å². The summed E-state index contributed by atoms with van der Waals surface area (Å²) in [6.45, 7) is 18.8. The summed E-state index contributed by atoms with van der Waals surface area (Å²) >= 11 is 0. The minimum Gasteiger partial charge on any atom is -0.309 e. The number of allylic oxidation sites excluding steroid dienone is 2. The van der Waals surface area contributed by atoms with Gasteiger partial charge in [-0.3, -0.25) is 0 Å². The van der Waals surface area contributed by atoms with E-state index in [4.69, 9.17) is 0 Å². The van der Waals surface area contributed by atoms with Crippen LogP contribution in [0.1, 0.15) is 19.3 Å². The van der Waals surface area contributed by atoms with Crippen molar-refractivity contribution >= 4 is 11.8 Å². The molecule has 3 rings (SSSR count). The molecule has 0 bridgehead atoms. The van der Waals surface area contributed by atoms with E-state index in [1.54, 1.807) is 0 Å². The molecule has 2 nitrogen and oxygen atoms in total. The molecule has 0 N–H and O–H groups in total. The van der Waals surface area contributed by atoms with Crippen LogP contribution in [0.5, 0.6) is 0 Å². The van der Waals surface area contributed by atoms with Crippen molar-refractivity contribution in [3.63, 3.8) is 0 Å². The van der Waals surface area contributed by atoms with E-state index in [0.717, 1.165) is 50.0 Å². The predicted octanol–water partition coefficient (Wildman–Crippen LogP) is 3.39. The van der Waals surface area contributed by atoms with Crippen LogP contribution in [0.15, 0.2) is 73.9 Å². The van der Waals surface area contributed by atoms with E-state index >= 15 is 0 Å². The van der Waals surface area contributed by atoms with Crippen molar-refractivity contribution in [3.8, 4) is 0 Å². The van der Waals surface area contributed by atoms with Gasteiger partial charge in [-0.15, -0.1) is 0 Å². The minimum absolute atomic E-state index is 0.573. The van der Waals surface area contributed by atoms with Gasteiger partial charge < -0.3 is 5.01 Å². The molecular formula is C23H28N2. The molecule has 1 atom stereocenters. The molecule has 1 heterocycles. The van der Waals surface area contributed by atoms with Crippen molar-refractivity contribution in [1.29, 1.82) is 0 Å². The van der Waals surface area contributed by atoms with Crippen LogP contribution in [-0.2, 0) is 0 Å². The summed E-state index contributed by atoms with van der Waals surface area (Å²) in [6.07, 6.45) is 9.12. The third-order valence-corrected chi connectivity index (χ3v) is 5.21. The Morgan fingerprint density at radius 1 is 1.04 bits per heavy atom. The van der Waals surface area contributed by atoms with E-state index in [9.17, 15) is 0 Å². The molecule has 0 spiro atoms. The molecule has 2 heteroatoms. The lowest BCUT2D eigenvalue weighted by molar-refractivity contribution is 0.0676. The van der Waals surface area contributed by atoms with Gasteiger partial charge in [0, 0.05) is 36.5 Å². The zero-order valence-electron chi connectivity index (χ0n) is 15.1. The monoisotopic (exact) mass is 332 g/mol. The van der Waals surface area contributed by atoms with Gasteiger partial charge in [-0.05, 0) is 24.5 Å². The van der Waals surface area contributed by atoms with Crippen LogP contribution in [0.4, 0.5) is 0 Å². The summed E-state index contributed by atoms with van der Waals surface area (Å²) in [5.74, 6) is 0.573. The molecule has 0 saturated carbocycles. The Kier molecular flexibility index (Phi) is 5.40. The average molecular weight is 332 g/mol. The molecule has 25 heavy (non-hydrogen) atoms. The normalized spacial score (nSPS) is 19.0. The van der Waals surface area contributed by atoms with Crippen molar-refractivity contribution in [3.05, 3.63) is 84.3 Å². The van der Waals surface area contributed by atoms with Gasteiger partial charge in [-0.2, -0.15) is 0 Å². The van der Waals surface area contributed by atoms with E-state index in [-0.39, 0.29) is 0 Å². The van der Waals surface area contributed by atoms with Gasteiger partial charge in [0.05, 0.1) is 0 Å². The maximum Gasteiger partial charge on any atom is 0.0422 e. The molecule has 1 aromatic rings. The Morgan fingerprint density at radius 3 is 2.44 bits per heavy atom. The highest BCUT2D eigenvalue weighted by Gasteiger charge is 2.35. The highest BCUT2D eigenvalue weighted by Crippen LogP contribution is 2.33. The maximum absolute atomic E-state index is 4.09. The fourth-order valence-corrected chi connectivity index (χ4v) is 3.73. The first-order chi connectivity index (χ1) is 12.1. The van der Waals surface area contributed by atoms with E-state index < -0.39 is 0 Å². The fourth-order valence-electron chi connectivity index (χ4n) is 3.73. The smallest absolute Gasteiger partial charge is 0.0422 e. The topological polar surface area (TPSA) is 6.48 Å². The van der Waals surface area contributed by atoms with Crippen molar-refractivity contribution in [2.24, 2.45) is 5.92 Å². The first-order valence-corrected chi connectivity index (χ1v) is 9.06. The first-order valence-electron chi connectivity index (χ1n) is 9.06. The summed E-state index contributed by atoms with van der Waals surface area (Å²) in [5.41, 5.74) is 3.66. The number of rotatable bonds is 8. The van der Waals surface area contributed by atoms with Gasteiger partial charge in [0.1, 0.15) is 0 Å². The SMILES string of the molecule is C=CC(=C)CCN1CC2CC=c3ccccc3=C2N1CCC(=C)C=C. The molecule has 0 radical (unpaired) electrons.